The topological polar surface area (TPSA) is 93.0 Å². The lowest BCUT2D eigenvalue weighted by Crippen LogP contribution is -2.35. The van der Waals surface area contributed by atoms with Gasteiger partial charge in [0.25, 0.3) is 0 Å². The Morgan fingerprint density at radius 1 is 1.30 bits per heavy atom. The van der Waals surface area contributed by atoms with Crippen LogP contribution in [0.4, 0.5) is 5.69 Å². The number of benzene rings is 1. The lowest BCUT2D eigenvalue weighted by Gasteiger charge is -2.24. The van der Waals surface area contributed by atoms with E-state index in [1.54, 1.807) is 31.3 Å². The average Bonchev–Trinajstić information content (AvgIpc) is 2.74. The second-order valence-electron chi connectivity index (χ2n) is 5.05. The summed E-state index contributed by atoms with van der Waals surface area (Å²) >= 11 is 0. The molecule has 1 aliphatic heterocycles. The second kappa shape index (κ2) is 5.88. The minimum absolute atomic E-state index is 0.121. The maximum Gasteiger partial charge on any atom is 0.223 e. The van der Waals surface area contributed by atoms with Gasteiger partial charge in [-0.2, -0.15) is 0 Å². The van der Waals surface area contributed by atoms with E-state index in [0.29, 0.717) is 11.3 Å². The van der Waals surface area contributed by atoms with Gasteiger partial charge in [-0.25, -0.2) is 0 Å². The van der Waals surface area contributed by atoms with Gasteiger partial charge in [0.15, 0.2) is 0 Å². The smallest absolute Gasteiger partial charge is 0.223 e. The predicted molar refractivity (Wildman–Crippen MR) is 74.3 cm³/mol. The molecule has 1 heterocycles. The van der Waals surface area contributed by atoms with Gasteiger partial charge in [0, 0.05) is 19.7 Å². The minimum atomic E-state index is -1.04. The number of nitrogens with one attached hydrogen (secondary N) is 1. The lowest BCUT2D eigenvalue weighted by molar-refractivity contribution is -0.116. The van der Waals surface area contributed by atoms with Gasteiger partial charge in [0.05, 0.1) is 24.8 Å². The fourth-order valence-electron chi connectivity index (χ4n) is 2.52. The van der Waals surface area contributed by atoms with E-state index < -0.39 is 24.3 Å². The molecule has 6 nitrogen and oxygen atoms in total. The maximum absolute atomic E-state index is 11.5. The third-order valence-electron chi connectivity index (χ3n) is 3.80. The number of anilines is 1. The van der Waals surface area contributed by atoms with Gasteiger partial charge < -0.3 is 25.5 Å². The van der Waals surface area contributed by atoms with Gasteiger partial charge in [-0.05, 0) is 11.6 Å². The number of carbonyl (C=O) groups is 1. The first-order valence-corrected chi connectivity index (χ1v) is 6.53. The summed E-state index contributed by atoms with van der Waals surface area (Å²) < 4.78 is 0. The zero-order chi connectivity index (χ0) is 14.9. The summed E-state index contributed by atoms with van der Waals surface area (Å²) in [6, 6.07) is 6.08. The molecule has 20 heavy (non-hydrogen) atoms. The van der Waals surface area contributed by atoms with Gasteiger partial charge in [0.2, 0.25) is 5.91 Å². The molecule has 4 N–H and O–H groups in total. The van der Waals surface area contributed by atoms with E-state index in [2.05, 4.69) is 5.32 Å². The zero-order valence-corrected chi connectivity index (χ0v) is 11.5. The first-order valence-electron chi connectivity index (χ1n) is 6.53. The van der Waals surface area contributed by atoms with E-state index in [0.717, 1.165) is 0 Å². The van der Waals surface area contributed by atoms with Crippen molar-refractivity contribution in [3.05, 3.63) is 29.8 Å². The number of para-hydroxylation sites is 1. The Hall–Kier alpha value is -1.47. The van der Waals surface area contributed by atoms with Crippen LogP contribution in [0, 0.1) is 0 Å². The Kier molecular flexibility index (Phi) is 4.39. The number of nitrogens with zero attached hydrogens (tertiary/aromatic N) is 1. The Bertz CT molecular complexity index is 494. The summed E-state index contributed by atoms with van der Waals surface area (Å²) in [5, 5.41) is 32.2. The van der Waals surface area contributed by atoms with E-state index in [4.69, 9.17) is 0 Å². The molecule has 1 aliphatic rings. The highest BCUT2D eigenvalue weighted by Gasteiger charge is 2.42. The Morgan fingerprint density at radius 2 is 1.95 bits per heavy atom. The molecule has 1 aromatic carbocycles. The van der Waals surface area contributed by atoms with Gasteiger partial charge in [0.1, 0.15) is 6.10 Å². The Balaban J connectivity index is 2.36. The molecule has 1 aromatic rings. The summed E-state index contributed by atoms with van der Waals surface area (Å²) in [5.74, 6) is -0.121. The van der Waals surface area contributed by atoms with E-state index >= 15 is 0 Å². The maximum atomic E-state index is 11.5. The van der Waals surface area contributed by atoms with Crippen LogP contribution in [0.5, 0.6) is 0 Å². The summed E-state index contributed by atoms with van der Waals surface area (Å²) in [6.07, 6.45) is -2.07. The van der Waals surface area contributed by atoms with E-state index in [1.165, 1.54) is 11.8 Å². The highest BCUT2D eigenvalue weighted by atomic mass is 16.3. The van der Waals surface area contributed by atoms with Crippen molar-refractivity contribution in [2.24, 2.45) is 0 Å². The predicted octanol–water partition coefficient (Wildman–Crippen LogP) is -0.604. The molecule has 0 saturated carbocycles. The molecule has 0 unspecified atom stereocenters. The SMILES string of the molecule is CC(=O)N(C)c1ccccc1[C@H]1N[C@H](CO)[C@@H](O)[C@H]1O. The van der Waals surface area contributed by atoms with Crippen LogP contribution in [0.2, 0.25) is 0 Å². The molecule has 110 valence electrons. The monoisotopic (exact) mass is 280 g/mol. The van der Waals surface area contributed by atoms with Gasteiger partial charge in [-0.3, -0.25) is 4.79 Å². The molecule has 1 fully saturated rings. The molecular weight excluding hydrogens is 260 g/mol. The molecule has 2 rings (SSSR count). The lowest BCUT2D eigenvalue weighted by atomic mass is 9.99. The highest BCUT2D eigenvalue weighted by Crippen LogP contribution is 2.33. The fraction of sp³-hybridized carbons (Fsp3) is 0.500. The number of aliphatic hydroxyl groups is 3. The van der Waals surface area contributed by atoms with E-state index in [1.807, 2.05) is 0 Å². The second-order valence-corrected chi connectivity index (χ2v) is 5.05. The van der Waals surface area contributed by atoms with Crippen LogP contribution in [0.3, 0.4) is 0 Å². The summed E-state index contributed by atoms with van der Waals surface area (Å²) in [7, 11) is 1.66. The zero-order valence-electron chi connectivity index (χ0n) is 11.5. The summed E-state index contributed by atoms with van der Waals surface area (Å²) in [5.41, 5.74) is 1.38. The normalized spacial score (nSPS) is 29.4. The van der Waals surface area contributed by atoms with Crippen molar-refractivity contribution in [3.8, 4) is 0 Å². The van der Waals surface area contributed by atoms with Crippen molar-refractivity contribution in [1.29, 1.82) is 0 Å². The molecule has 0 aromatic heterocycles. The van der Waals surface area contributed by atoms with Crippen LogP contribution in [0.1, 0.15) is 18.5 Å². The van der Waals surface area contributed by atoms with Crippen LogP contribution in [0.25, 0.3) is 0 Å². The molecule has 0 spiro atoms. The van der Waals surface area contributed by atoms with Crippen LogP contribution in [-0.4, -0.2) is 53.1 Å². The first kappa shape index (κ1) is 14.9. The van der Waals surface area contributed by atoms with Gasteiger partial charge in [-0.15, -0.1) is 0 Å². The number of hydrogen-bond acceptors (Lipinski definition) is 5. The number of amides is 1. The first-order chi connectivity index (χ1) is 9.47. The van der Waals surface area contributed by atoms with Crippen LogP contribution < -0.4 is 10.2 Å². The third kappa shape index (κ3) is 2.55. The van der Waals surface area contributed by atoms with Crippen LogP contribution >= 0.6 is 0 Å². The van der Waals surface area contributed by atoms with Crippen LogP contribution in [-0.2, 0) is 4.79 Å². The molecule has 6 heteroatoms. The van der Waals surface area contributed by atoms with E-state index in [9.17, 15) is 20.1 Å². The van der Waals surface area contributed by atoms with Crippen molar-refractivity contribution >= 4 is 11.6 Å². The molecular formula is C14H20N2O4. The van der Waals surface area contributed by atoms with Crippen LogP contribution in [0.15, 0.2) is 24.3 Å². The Labute approximate surface area is 117 Å². The molecule has 1 amide bonds. The van der Waals surface area contributed by atoms with Gasteiger partial charge >= 0.3 is 0 Å². The van der Waals surface area contributed by atoms with Crippen molar-refractivity contribution in [3.63, 3.8) is 0 Å². The molecule has 0 radical (unpaired) electrons. The average molecular weight is 280 g/mol. The molecule has 1 saturated heterocycles. The molecule has 0 aliphatic carbocycles. The van der Waals surface area contributed by atoms with Gasteiger partial charge in [-0.1, -0.05) is 18.2 Å². The minimum Gasteiger partial charge on any atom is -0.395 e. The van der Waals surface area contributed by atoms with E-state index in [-0.39, 0.29) is 12.5 Å². The number of carbonyl (C=O) groups excluding carboxylic acids is 1. The van der Waals surface area contributed by atoms with Crippen molar-refractivity contribution in [1.82, 2.24) is 5.32 Å². The Morgan fingerprint density at radius 3 is 2.50 bits per heavy atom. The van der Waals surface area contributed by atoms with Crippen molar-refractivity contribution in [2.75, 3.05) is 18.6 Å². The quantitative estimate of drug-likeness (QED) is 0.593. The number of hydrogen-bond donors (Lipinski definition) is 4. The summed E-state index contributed by atoms with van der Waals surface area (Å²) in [4.78, 5) is 13.0. The number of aliphatic hydroxyl groups excluding tert-OH is 3. The fourth-order valence-corrected chi connectivity index (χ4v) is 2.52. The van der Waals surface area contributed by atoms with Crippen molar-refractivity contribution < 1.29 is 20.1 Å². The third-order valence-corrected chi connectivity index (χ3v) is 3.80. The summed E-state index contributed by atoms with van der Waals surface area (Å²) in [6.45, 7) is 1.19. The molecule has 0 bridgehead atoms. The highest BCUT2D eigenvalue weighted by molar-refractivity contribution is 5.91. The van der Waals surface area contributed by atoms with Crippen molar-refractivity contribution in [2.45, 2.75) is 31.2 Å². The standard InChI is InChI=1S/C14H20N2O4/c1-8(18)16(2)11-6-4-3-5-9(11)12-14(20)13(19)10(7-17)15-12/h3-6,10,12-15,17,19-20H,7H2,1-2H3/t10-,12-,13-,14+/m1/s1. The molecule has 4 atom stereocenters. The number of rotatable bonds is 3. The largest absolute Gasteiger partial charge is 0.395 e.